The van der Waals surface area contributed by atoms with Crippen LogP contribution in [0, 0.1) is 11.8 Å². The molecule has 2 bridgehead atoms. The standard InChI is InChI=1S/C10H10O6/c1-15-10(14)6-3-4-2-5(8(11)12)7(6)16-9(4)13/h2,4,6-7H,3H2,1H3,(H,11,12)/t4-,6+,7+/m0/s1. The van der Waals surface area contributed by atoms with E-state index in [2.05, 4.69) is 4.74 Å². The van der Waals surface area contributed by atoms with Gasteiger partial charge in [0.25, 0.3) is 0 Å². The fraction of sp³-hybridized carbons (Fsp3) is 0.500. The van der Waals surface area contributed by atoms with Gasteiger partial charge in [0, 0.05) is 0 Å². The van der Waals surface area contributed by atoms with E-state index < -0.39 is 35.8 Å². The van der Waals surface area contributed by atoms with Crippen molar-refractivity contribution in [1.82, 2.24) is 0 Å². The summed E-state index contributed by atoms with van der Waals surface area (Å²) in [5.41, 5.74) is -0.0359. The van der Waals surface area contributed by atoms with Crippen LogP contribution in [0.2, 0.25) is 0 Å². The summed E-state index contributed by atoms with van der Waals surface area (Å²) in [6.07, 6.45) is 0.605. The summed E-state index contributed by atoms with van der Waals surface area (Å²) in [4.78, 5) is 33.6. The molecular weight excluding hydrogens is 216 g/mol. The molecule has 6 nitrogen and oxygen atoms in total. The molecule has 0 aromatic heterocycles. The maximum Gasteiger partial charge on any atom is 0.335 e. The topological polar surface area (TPSA) is 89.9 Å². The van der Waals surface area contributed by atoms with Gasteiger partial charge >= 0.3 is 17.9 Å². The van der Waals surface area contributed by atoms with Gasteiger partial charge < -0.3 is 14.6 Å². The third-order valence-electron chi connectivity index (χ3n) is 2.86. The Morgan fingerprint density at radius 2 is 2.25 bits per heavy atom. The van der Waals surface area contributed by atoms with Gasteiger partial charge in [0.2, 0.25) is 0 Å². The lowest BCUT2D eigenvalue weighted by molar-refractivity contribution is -0.172. The lowest BCUT2D eigenvalue weighted by Crippen LogP contribution is -2.48. The zero-order valence-corrected chi connectivity index (χ0v) is 8.50. The fourth-order valence-electron chi connectivity index (χ4n) is 2.08. The third kappa shape index (κ3) is 1.46. The Morgan fingerprint density at radius 3 is 2.75 bits per heavy atom. The Morgan fingerprint density at radius 1 is 1.56 bits per heavy atom. The van der Waals surface area contributed by atoms with Crippen LogP contribution in [0.4, 0.5) is 0 Å². The van der Waals surface area contributed by atoms with Crippen molar-refractivity contribution in [3.8, 4) is 0 Å². The molecule has 1 N–H and O–H groups in total. The maximum atomic E-state index is 11.4. The van der Waals surface area contributed by atoms with Crippen LogP contribution in [0.3, 0.4) is 0 Å². The van der Waals surface area contributed by atoms with Crippen LogP contribution in [0.25, 0.3) is 0 Å². The minimum absolute atomic E-state index is 0.0359. The van der Waals surface area contributed by atoms with Crippen LogP contribution in [0.15, 0.2) is 11.6 Å². The lowest BCUT2D eigenvalue weighted by Gasteiger charge is -2.37. The smallest absolute Gasteiger partial charge is 0.335 e. The minimum atomic E-state index is -1.17. The van der Waals surface area contributed by atoms with Crippen molar-refractivity contribution in [2.75, 3.05) is 7.11 Å². The highest BCUT2D eigenvalue weighted by Gasteiger charge is 2.49. The minimum Gasteiger partial charge on any atom is -0.478 e. The Bertz CT molecular complexity index is 396. The highest BCUT2D eigenvalue weighted by atomic mass is 16.6. The molecule has 1 aliphatic carbocycles. The molecule has 0 saturated carbocycles. The number of carboxylic acids is 1. The molecule has 0 spiro atoms. The van der Waals surface area contributed by atoms with E-state index in [9.17, 15) is 14.4 Å². The number of methoxy groups -OCH3 is 1. The highest BCUT2D eigenvalue weighted by Crippen LogP contribution is 2.38. The van der Waals surface area contributed by atoms with Crippen molar-refractivity contribution in [2.24, 2.45) is 11.8 Å². The number of rotatable bonds is 2. The number of carboxylic acid groups (broad SMARTS) is 1. The van der Waals surface area contributed by atoms with Crippen LogP contribution in [0.1, 0.15) is 6.42 Å². The second-order valence-corrected chi connectivity index (χ2v) is 3.76. The normalized spacial score (nSPS) is 31.7. The lowest BCUT2D eigenvalue weighted by atomic mass is 9.77. The molecule has 2 aliphatic heterocycles. The second-order valence-electron chi connectivity index (χ2n) is 3.76. The van der Waals surface area contributed by atoms with Crippen LogP contribution in [-0.4, -0.2) is 36.2 Å². The number of esters is 2. The van der Waals surface area contributed by atoms with E-state index in [0.717, 1.165) is 0 Å². The van der Waals surface area contributed by atoms with Gasteiger partial charge in [0.1, 0.15) is 6.10 Å². The van der Waals surface area contributed by atoms with Gasteiger partial charge in [-0.15, -0.1) is 0 Å². The maximum absolute atomic E-state index is 11.4. The van der Waals surface area contributed by atoms with E-state index in [1.54, 1.807) is 0 Å². The summed E-state index contributed by atoms with van der Waals surface area (Å²) in [5, 5.41) is 8.91. The molecular formula is C10H10O6. The first-order valence-corrected chi connectivity index (χ1v) is 4.78. The first-order valence-electron chi connectivity index (χ1n) is 4.78. The number of carbonyl (C=O) groups is 3. The van der Waals surface area contributed by atoms with Crippen molar-refractivity contribution >= 4 is 17.9 Å². The molecule has 0 radical (unpaired) electrons. The number of ether oxygens (including phenoxy) is 2. The number of carbonyl (C=O) groups excluding carboxylic acids is 2. The monoisotopic (exact) mass is 226 g/mol. The van der Waals surface area contributed by atoms with E-state index in [4.69, 9.17) is 9.84 Å². The molecule has 6 heteroatoms. The summed E-state index contributed by atoms with van der Waals surface area (Å²) in [6.45, 7) is 0. The molecule has 86 valence electrons. The average molecular weight is 226 g/mol. The first-order chi connectivity index (χ1) is 7.54. The number of hydrogen-bond acceptors (Lipinski definition) is 5. The Balaban J connectivity index is 2.33. The van der Waals surface area contributed by atoms with Crippen LogP contribution in [0.5, 0.6) is 0 Å². The number of hydrogen-bond donors (Lipinski definition) is 1. The first kappa shape index (κ1) is 10.7. The van der Waals surface area contributed by atoms with Crippen molar-refractivity contribution in [3.05, 3.63) is 11.6 Å². The molecule has 0 aromatic rings. The molecule has 0 unspecified atom stereocenters. The van der Waals surface area contributed by atoms with Crippen molar-refractivity contribution in [2.45, 2.75) is 12.5 Å². The zero-order valence-electron chi connectivity index (χ0n) is 8.50. The molecule has 3 rings (SSSR count). The van der Waals surface area contributed by atoms with E-state index in [1.165, 1.54) is 13.2 Å². The van der Waals surface area contributed by atoms with E-state index in [-0.39, 0.29) is 12.0 Å². The van der Waals surface area contributed by atoms with E-state index in [1.807, 2.05) is 0 Å². The molecule has 3 aliphatic rings. The zero-order chi connectivity index (χ0) is 11.9. The summed E-state index contributed by atoms with van der Waals surface area (Å²) in [6, 6.07) is 0. The number of aliphatic carboxylic acids is 1. The number of fused-ring (bicyclic) bond motifs is 2. The van der Waals surface area contributed by atoms with E-state index >= 15 is 0 Å². The van der Waals surface area contributed by atoms with Crippen molar-refractivity contribution in [1.29, 1.82) is 0 Å². The predicted molar refractivity (Wildman–Crippen MR) is 49.2 cm³/mol. The highest BCUT2D eigenvalue weighted by molar-refractivity contribution is 5.94. The Kier molecular flexibility index (Phi) is 2.41. The largest absolute Gasteiger partial charge is 0.478 e. The third-order valence-corrected chi connectivity index (χ3v) is 2.86. The quantitative estimate of drug-likeness (QED) is 0.652. The SMILES string of the molecule is COC(=O)[C@@H]1C[C@@H]2C=C(C(=O)O)[C@H]1OC2=O. The summed E-state index contributed by atoms with van der Waals surface area (Å²) in [5.74, 6) is -3.55. The van der Waals surface area contributed by atoms with Gasteiger partial charge in [0.05, 0.1) is 24.5 Å². The van der Waals surface area contributed by atoms with Gasteiger partial charge in [-0.25, -0.2) is 4.79 Å². The Hall–Kier alpha value is -1.85. The van der Waals surface area contributed by atoms with Gasteiger partial charge in [-0.05, 0) is 6.42 Å². The van der Waals surface area contributed by atoms with Gasteiger partial charge in [-0.2, -0.15) is 0 Å². The summed E-state index contributed by atoms with van der Waals surface area (Å²) >= 11 is 0. The second kappa shape index (κ2) is 3.62. The molecule has 16 heavy (non-hydrogen) atoms. The van der Waals surface area contributed by atoms with Crippen LogP contribution >= 0.6 is 0 Å². The fourth-order valence-corrected chi connectivity index (χ4v) is 2.08. The van der Waals surface area contributed by atoms with Crippen LogP contribution in [-0.2, 0) is 23.9 Å². The molecule has 2 heterocycles. The molecule has 1 fully saturated rings. The van der Waals surface area contributed by atoms with Crippen LogP contribution < -0.4 is 0 Å². The predicted octanol–water partition coefficient (Wildman–Crippen LogP) is -0.268. The van der Waals surface area contributed by atoms with Crippen molar-refractivity contribution in [3.63, 3.8) is 0 Å². The van der Waals surface area contributed by atoms with E-state index in [0.29, 0.717) is 0 Å². The summed E-state index contributed by atoms with van der Waals surface area (Å²) < 4.78 is 9.46. The van der Waals surface area contributed by atoms with Gasteiger partial charge in [-0.1, -0.05) is 6.08 Å². The molecule has 1 saturated heterocycles. The summed E-state index contributed by atoms with van der Waals surface area (Å²) in [7, 11) is 1.22. The van der Waals surface area contributed by atoms with Crippen molar-refractivity contribution < 1.29 is 29.0 Å². The molecule has 3 atom stereocenters. The Labute approximate surface area is 90.8 Å². The molecule has 0 amide bonds. The molecule has 0 aromatic carbocycles. The van der Waals surface area contributed by atoms with Gasteiger partial charge in [-0.3, -0.25) is 9.59 Å². The van der Waals surface area contributed by atoms with Gasteiger partial charge in [0.15, 0.2) is 0 Å². The average Bonchev–Trinajstić information content (AvgIpc) is 2.27.